The number of nitrogens with zero attached hydrogens (tertiary/aromatic N) is 3. The number of hydrogen-bond donors (Lipinski definition) is 0. The first-order chi connectivity index (χ1) is 6.24. The third kappa shape index (κ3) is 2.72. The summed E-state index contributed by atoms with van der Waals surface area (Å²) < 4.78 is 5.05. The fourth-order valence-electron chi connectivity index (χ4n) is 0.996. The van der Waals surface area contributed by atoms with Gasteiger partial charge < -0.3 is 9.64 Å². The lowest BCUT2D eigenvalue weighted by Gasteiger charge is -2.24. The van der Waals surface area contributed by atoms with Crippen LogP contribution in [0.25, 0.3) is 0 Å². The Morgan fingerprint density at radius 3 is 2.69 bits per heavy atom. The molecule has 0 unspecified atom stereocenters. The van der Waals surface area contributed by atoms with Crippen molar-refractivity contribution in [2.45, 2.75) is 0 Å². The van der Waals surface area contributed by atoms with Gasteiger partial charge in [0.05, 0.1) is 24.3 Å². The fraction of sp³-hybridized carbons (Fsp3) is 0.571. The van der Waals surface area contributed by atoms with Crippen molar-refractivity contribution in [2.75, 3.05) is 26.3 Å². The molecule has 0 radical (unpaired) electrons. The van der Waals surface area contributed by atoms with Crippen molar-refractivity contribution in [3.05, 3.63) is 22.0 Å². The minimum Gasteiger partial charge on any atom is -0.378 e. The van der Waals surface area contributed by atoms with Gasteiger partial charge >= 0.3 is 5.70 Å². The van der Waals surface area contributed by atoms with Gasteiger partial charge in [0.25, 0.3) is 0 Å². The van der Waals surface area contributed by atoms with Crippen LogP contribution in [0.15, 0.2) is 11.9 Å². The maximum absolute atomic E-state index is 10.3. The second-order valence-electron chi connectivity index (χ2n) is 2.53. The summed E-state index contributed by atoms with van der Waals surface area (Å²) in [5.74, 6) is 0. The first-order valence-electron chi connectivity index (χ1n) is 3.82. The molecule has 0 aromatic heterocycles. The average Bonchev–Trinajstić information content (AvgIpc) is 2.15. The summed E-state index contributed by atoms with van der Waals surface area (Å²) in [5, 5.41) is 18.7. The molecule has 13 heavy (non-hydrogen) atoms. The van der Waals surface area contributed by atoms with Gasteiger partial charge in [-0.25, -0.2) is 0 Å². The topological polar surface area (TPSA) is 79.4 Å². The Labute approximate surface area is 75.2 Å². The van der Waals surface area contributed by atoms with E-state index in [9.17, 15) is 10.1 Å². The van der Waals surface area contributed by atoms with Crippen molar-refractivity contribution < 1.29 is 9.66 Å². The molecule has 1 heterocycles. The van der Waals surface area contributed by atoms with Gasteiger partial charge in [-0.1, -0.05) is 0 Å². The lowest BCUT2D eigenvalue weighted by atomic mass is 10.4. The average molecular weight is 183 g/mol. The van der Waals surface area contributed by atoms with E-state index in [0.29, 0.717) is 26.3 Å². The van der Waals surface area contributed by atoms with Crippen LogP contribution in [-0.4, -0.2) is 36.1 Å². The van der Waals surface area contributed by atoms with Crippen molar-refractivity contribution in [3.63, 3.8) is 0 Å². The molecule has 1 aliphatic heterocycles. The maximum Gasteiger partial charge on any atom is 0.361 e. The van der Waals surface area contributed by atoms with Crippen LogP contribution in [0.1, 0.15) is 0 Å². The zero-order valence-corrected chi connectivity index (χ0v) is 6.97. The third-order valence-electron chi connectivity index (χ3n) is 1.66. The van der Waals surface area contributed by atoms with Crippen LogP contribution < -0.4 is 0 Å². The van der Waals surface area contributed by atoms with Crippen molar-refractivity contribution in [3.8, 4) is 6.07 Å². The van der Waals surface area contributed by atoms with Gasteiger partial charge in [0.2, 0.25) is 0 Å². The number of ether oxygens (including phenoxy) is 1. The van der Waals surface area contributed by atoms with Gasteiger partial charge in [-0.05, 0) is 0 Å². The predicted molar refractivity (Wildman–Crippen MR) is 43.1 cm³/mol. The molecule has 1 saturated heterocycles. The Bertz CT molecular complexity index is 263. The molecule has 0 amide bonds. The molecule has 70 valence electrons. The van der Waals surface area contributed by atoms with Gasteiger partial charge in [0.15, 0.2) is 6.07 Å². The van der Waals surface area contributed by atoms with Crippen LogP contribution in [0, 0.1) is 21.4 Å². The summed E-state index contributed by atoms with van der Waals surface area (Å²) in [6, 6.07) is 1.53. The first-order valence-corrected chi connectivity index (χ1v) is 3.82. The van der Waals surface area contributed by atoms with Crippen LogP contribution in [0.3, 0.4) is 0 Å². The molecule has 6 heteroatoms. The first kappa shape index (κ1) is 9.48. The molecular weight excluding hydrogens is 174 g/mol. The zero-order chi connectivity index (χ0) is 9.68. The van der Waals surface area contributed by atoms with E-state index in [2.05, 4.69) is 0 Å². The fourth-order valence-corrected chi connectivity index (χ4v) is 0.996. The van der Waals surface area contributed by atoms with Gasteiger partial charge in [-0.2, -0.15) is 5.26 Å². The largest absolute Gasteiger partial charge is 0.378 e. The molecule has 0 aromatic carbocycles. The number of nitriles is 1. The molecule has 1 rings (SSSR count). The quantitative estimate of drug-likeness (QED) is 0.341. The molecule has 1 fully saturated rings. The molecule has 0 bridgehead atoms. The van der Waals surface area contributed by atoms with E-state index in [1.54, 1.807) is 4.90 Å². The number of morpholine rings is 1. The Morgan fingerprint density at radius 1 is 1.62 bits per heavy atom. The van der Waals surface area contributed by atoms with Crippen LogP contribution in [0.4, 0.5) is 0 Å². The zero-order valence-electron chi connectivity index (χ0n) is 6.97. The van der Waals surface area contributed by atoms with E-state index in [1.807, 2.05) is 0 Å². The SMILES string of the molecule is N#CC(=CN1CCOCC1)[N+](=O)[O-]. The van der Waals surface area contributed by atoms with Crippen LogP contribution in [0.5, 0.6) is 0 Å². The molecule has 0 N–H and O–H groups in total. The van der Waals surface area contributed by atoms with E-state index >= 15 is 0 Å². The summed E-state index contributed by atoms with van der Waals surface area (Å²) in [6.45, 7) is 2.29. The smallest absolute Gasteiger partial charge is 0.361 e. The Hall–Kier alpha value is -1.61. The van der Waals surface area contributed by atoms with E-state index in [0.717, 1.165) is 0 Å². The standard InChI is InChI=1S/C7H9N3O3/c8-5-7(10(11)12)6-9-1-3-13-4-2-9/h6H,1-4H2. The highest BCUT2D eigenvalue weighted by Crippen LogP contribution is 2.01. The molecule has 1 aliphatic rings. The highest BCUT2D eigenvalue weighted by molar-refractivity contribution is 5.11. The van der Waals surface area contributed by atoms with E-state index in [1.165, 1.54) is 12.3 Å². The molecular formula is C7H9N3O3. The Kier molecular flexibility index (Phi) is 3.23. The molecule has 0 saturated carbocycles. The van der Waals surface area contributed by atoms with Gasteiger partial charge in [0.1, 0.15) is 0 Å². The number of rotatable bonds is 2. The maximum atomic E-state index is 10.3. The summed E-state index contributed by atoms with van der Waals surface area (Å²) in [6.07, 6.45) is 1.27. The van der Waals surface area contributed by atoms with Gasteiger partial charge in [-0.3, -0.25) is 10.1 Å². The van der Waals surface area contributed by atoms with Crippen molar-refractivity contribution in [1.82, 2.24) is 4.90 Å². The predicted octanol–water partition coefficient (Wildman–Crippen LogP) is -0.0397. The van der Waals surface area contributed by atoms with Crippen molar-refractivity contribution >= 4 is 0 Å². The van der Waals surface area contributed by atoms with Crippen LogP contribution in [0.2, 0.25) is 0 Å². The van der Waals surface area contributed by atoms with E-state index in [4.69, 9.17) is 10.00 Å². The summed E-state index contributed by atoms with van der Waals surface area (Å²) in [5.41, 5.74) is -0.429. The number of nitro groups is 1. The van der Waals surface area contributed by atoms with Crippen molar-refractivity contribution in [2.24, 2.45) is 0 Å². The number of allylic oxidation sites excluding steroid dienone is 1. The monoisotopic (exact) mass is 183 g/mol. The lowest BCUT2D eigenvalue weighted by molar-refractivity contribution is -0.418. The highest BCUT2D eigenvalue weighted by atomic mass is 16.6. The summed E-state index contributed by atoms with van der Waals surface area (Å²) >= 11 is 0. The number of hydrogen-bond acceptors (Lipinski definition) is 5. The van der Waals surface area contributed by atoms with E-state index < -0.39 is 10.6 Å². The molecule has 0 atom stereocenters. The second-order valence-corrected chi connectivity index (χ2v) is 2.53. The van der Waals surface area contributed by atoms with Crippen LogP contribution >= 0.6 is 0 Å². The highest BCUT2D eigenvalue weighted by Gasteiger charge is 2.13. The Morgan fingerprint density at radius 2 is 2.23 bits per heavy atom. The molecule has 0 aliphatic carbocycles. The van der Waals surface area contributed by atoms with Gasteiger partial charge in [0, 0.05) is 13.1 Å². The molecule has 6 nitrogen and oxygen atoms in total. The van der Waals surface area contributed by atoms with E-state index in [-0.39, 0.29) is 0 Å². The second kappa shape index (κ2) is 4.42. The van der Waals surface area contributed by atoms with Crippen molar-refractivity contribution in [1.29, 1.82) is 5.26 Å². The normalized spacial score (nSPS) is 18.1. The Balaban J connectivity index is 2.61. The summed E-state index contributed by atoms with van der Waals surface area (Å²) in [4.78, 5) is 11.3. The minimum atomic E-state index is -0.685. The third-order valence-corrected chi connectivity index (χ3v) is 1.66. The summed E-state index contributed by atoms with van der Waals surface area (Å²) in [7, 11) is 0. The molecule has 0 aromatic rings. The molecule has 0 spiro atoms. The van der Waals surface area contributed by atoms with Crippen LogP contribution in [-0.2, 0) is 4.74 Å². The van der Waals surface area contributed by atoms with Gasteiger partial charge in [-0.15, -0.1) is 0 Å². The minimum absolute atomic E-state index is 0.429. The lowest BCUT2D eigenvalue weighted by Crippen LogP contribution is -2.32.